The summed E-state index contributed by atoms with van der Waals surface area (Å²) in [7, 11) is 0. The smallest absolute Gasteiger partial charge is 0.317 e. The summed E-state index contributed by atoms with van der Waals surface area (Å²) >= 11 is 0. The lowest BCUT2D eigenvalue weighted by Gasteiger charge is -2.30. The highest BCUT2D eigenvalue weighted by atomic mass is 16.4. The van der Waals surface area contributed by atoms with Crippen LogP contribution in [0.15, 0.2) is 0 Å². The molecule has 3 N–H and O–H groups in total. The minimum absolute atomic E-state index is 0.104. The van der Waals surface area contributed by atoms with Crippen LogP contribution in [-0.2, 0) is 4.79 Å². The van der Waals surface area contributed by atoms with E-state index >= 15 is 0 Å². The fourth-order valence-corrected chi connectivity index (χ4v) is 3.03. The summed E-state index contributed by atoms with van der Waals surface area (Å²) in [6.45, 7) is 2.29. The summed E-state index contributed by atoms with van der Waals surface area (Å²) in [5, 5.41) is 21.4. The van der Waals surface area contributed by atoms with Crippen molar-refractivity contribution in [3.63, 3.8) is 0 Å². The van der Waals surface area contributed by atoms with Crippen LogP contribution in [0.5, 0.6) is 0 Å². The van der Waals surface area contributed by atoms with Gasteiger partial charge in [-0.15, -0.1) is 0 Å². The molecule has 0 aromatic rings. The number of rotatable bonds is 2. The van der Waals surface area contributed by atoms with E-state index in [2.05, 4.69) is 5.32 Å². The minimum Gasteiger partial charge on any atom is -0.481 e. The fourth-order valence-electron chi connectivity index (χ4n) is 3.03. The molecule has 19 heavy (non-hydrogen) atoms. The number of hydrogen-bond donors (Lipinski definition) is 3. The molecular weight excluding hydrogens is 248 g/mol. The van der Waals surface area contributed by atoms with Crippen molar-refractivity contribution in [2.24, 2.45) is 5.92 Å². The van der Waals surface area contributed by atoms with Gasteiger partial charge in [-0.05, 0) is 39.0 Å². The second kappa shape index (κ2) is 5.77. The Labute approximate surface area is 112 Å². The van der Waals surface area contributed by atoms with E-state index in [4.69, 9.17) is 5.11 Å². The van der Waals surface area contributed by atoms with E-state index in [0.29, 0.717) is 13.0 Å². The van der Waals surface area contributed by atoms with Crippen molar-refractivity contribution in [3.8, 4) is 0 Å². The number of aliphatic carboxylic acids is 1. The van der Waals surface area contributed by atoms with Gasteiger partial charge in [0.2, 0.25) is 0 Å². The Morgan fingerprint density at radius 2 is 1.79 bits per heavy atom. The Bertz CT molecular complexity index is 353. The van der Waals surface area contributed by atoms with E-state index in [-0.39, 0.29) is 24.2 Å². The van der Waals surface area contributed by atoms with Gasteiger partial charge in [-0.2, -0.15) is 0 Å². The van der Waals surface area contributed by atoms with Crippen molar-refractivity contribution in [2.45, 2.75) is 57.2 Å². The number of carbonyl (C=O) groups is 2. The van der Waals surface area contributed by atoms with E-state index < -0.39 is 11.9 Å². The van der Waals surface area contributed by atoms with Gasteiger partial charge in [0.1, 0.15) is 0 Å². The number of urea groups is 1. The number of carboxylic acids is 1. The second-order valence-corrected chi connectivity index (χ2v) is 5.62. The molecule has 0 bridgehead atoms. The third-order valence-corrected chi connectivity index (χ3v) is 4.36. The summed E-state index contributed by atoms with van der Waals surface area (Å²) in [5.41, 5.74) is 0. The molecule has 0 aromatic carbocycles. The molecule has 2 aliphatic rings. The summed E-state index contributed by atoms with van der Waals surface area (Å²) in [4.78, 5) is 24.8. The number of hydrogen-bond acceptors (Lipinski definition) is 3. The highest BCUT2D eigenvalue weighted by Crippen LogP contribution is 2.25. The monoisotopic (exact) mass is 270 g/mol. The van der Waals surface area contributed by atoms with Crippen molar-refractivity contribution in [3.05, 3.63) is 0 Å². The number of carbonyl (C=O) groups excluding carboxylic acids is 1. The molecule has 2 atom stereocenters. The number of amides is 2. The summed E-state index contributed by atoms with van der Waals surface area (Å²) < 4.78 is 0. The van der Waals surface area contributed by atoms with E-state index in [1.54, 1.807) is 11.8 Å². The van der Waals surface area contributed by atoms with Gasteiger partial charge >= 0.3 is 12.0 Å². The number of nitrogens with one attached hydrogen (secondary N) is 1. The van der Waals surface area contributed by atoms with Crippen LogP contribution in [0.25, 0.3) is 0 Å². The van der Waals surface area contributed by atoms with Gasteiger partial charge < -0.3 is 20.4 Å². The Kier molecular flexibility index (Phi) is 4.29. The normalized spacial score (nSPS) is 35.2. The van der Waals surface area contributed by atoms with Crippen molar-refractivity contribution >= 4 is 12.0 Å². The Hall–Kier alpha value is -1.30. The van der Waals surface area contributed by atoms with Gasteiger partial charge in [-0.1, -0.05) is 0 Å². The quantitative estimate of drug-likeness (QED) is 0.692. The highest BCUT2D eigenvalue weighted by molar-refractivity contribution is 5.78. The van der Waals surface area contributed by atoms with Crippen molar-refractivity contribution in [1.29, 1.82) is 0 Å². The van der Waals surface area contributed by atoms with Crippen LogP contribution in [0.4, 0.5) is 4.79 Å². The molecule has 1 heterocycles. The molecule has 1 aliphatic heterocycles. The first-order chi connectivity index (χ1) is 8.99. The summed E-state index contributed by atoms with van der Waals surface area (Å²) in [6, 6.07) is -0.323. The molecule has 6 heteroatoms. The maximum absolute atomic E-state index is 12.1. The number of aliphatic hydroxyl groups is 1. The summed E-state index contributed by atoms with van der Waals surface area (Å²) in [5.74, 6) is -1.29. The van der Waals surface area contributed by atoms with E-state index in [0.717, 1.165) is 25.7 Å². The third kappa shape index (κ3) is 3.18. The van der Waals surface area contributed by atoms with Crippen LogP contribution >= 0.6 is 0 Å². The Morgan fingerprint density at radius 1 is 1.16 bits per heavy atom. The molecule has 1 saturated carbocycles. The number of aliphatic hydroxyl groups excluding tert-OH is 1. The fraction of sp³-hybridized carbons (Fsp3) is 0.846. The zero-order chi connectivity index (χ0) is 14.0. The SMILES string of the molecule is CC1C(C(=O)O)CCN1C(=O)NC1CCC(O)CC1. The lowest BCUT2D eigenvalue weighted by atomic mass is 9.93. The maximum Gasteiger partial charge on any atom is 0.317 e. The topological polar surface area (TPSA) is 89.9 Å². The average molecular weight is 270 g/mol. The number of likely N-dealkylation sites (tertiary alicyclic amines) is 1. The molecule has 0 aromatic heterocycles. The molecule has 2 fully saturated rings. The van der Waals surface area contributed by atoms with Gasteiger partial charge in [-0.3, -0.25) is 4.79 Å². The molecule has 0 spiro atoms. The molecule has 2 rings (SSSR count). The van der Waals surface area contributed by atoms with Gasteiger partial charge in [-0.25, -0.2) is 4.79 Å². The maximum atomic E-state index is 12.1. The molecule has 0 radical (unpaired) electrons. The first kappa shape index (κ1) is 14.1. The number of carboxylic acid groups (broad SMARTS) is 1. The van der Waals surface area contributed by atoms with Crippen LogP contribution in [0, 0.1) is 5.92 Å². The Morgan fingerprint density at radius 3 is 2.32 bits per heavy atom. The molecule has 6 nitrogen and oxygen atoms in total. The lowest BCUT2D eigenvalue weighted by molar-refractivity contribution is -0.142. The Balaban J connectivity index is 1.85. The lowest BCUT2D eigenvalue weighted by Crippen LogP contribution is -2.48. The molecular formula is C13H22N2O4. The van der Waals surface area contributed by atoms with Crippen LogP contribution < -0.4 is 5.32 Å². The van der Waals surface area contributed by atoms with Crippen LogP contribution in [-0.4, -0.2) is 51.8 Å². The zero-order valence-electron chi connectivity index (χ0n) is 11.2. The molecule has 1 aliphatic carbocycles. The largest absolute Gasteiger partial charge is 0.481 e. The molecule has 1 saturated heterocycles. The predicted molar refractivity (Wildman–Crippen MR) is 68.7 cm³/mol. The summed E-state index contributed by atoms with van der Waals surface area (Å²) in [6.07, 6.45) is 3.30. The van der Waals surface area contributed by atoms with Crippen LogP contribution in [0.1, 0.15) is 39.0 Å². The zero-order valence-corrected chi connectivity index (χ0v) is 11.2. The number of nitrogens with zero attached hydrogens (tertiary/aromatic N) is 1. The first-order valence-electron chi connectivity index (χ1n) is 6.97. The van der Waals surface area contributed by atoms with Crippen molar-refractivity contribution < 1.29 is 19.8 Å². The van der Waals surface area contributed by atoms with Crippen LogP contribution in [0.3, 0.4) is 0 Å². The minimum atomic E-state index is -0.830. The first-order valence-corrected chi connectivity index (χ1v) is 6.97. The van der Waals surface area contributed by atoms with Gasteiger partial charge in [0.15, 0.2) is 0 Å². The molecule has 108 valence electrons. The second-order valence-electron chi connectivity index (χ2n) is 5.62. The van der Waals surface area contributed by atoms with Crippen molar-refractivity contribution in [1.82, 2.24) is 10.2 Å². The standard InChI is InChI=1S/C13H22N2O4/c1-8-11(12(17)18)6-7-15(8)13(19)14-9-2-4-10(16)5-3-9/h8-11,16H,2-7H2,1H3,(H,14,19)(H,17,18). The van der Waals surface area contributed by atoms with Gasteiger partial charge in [0.25, 0.3) is 0 Å². The van der Waals surface area contributed by atoms with Crippen molar-refractivity contribution in [2.75, 3.05) is 6.54 Å². The van der Waals surface area contributed by atoms with E-state index in [1.165, 1.54) is 0 Å². The predicted octanol–water partition coefficient (Wildman–Crippen LogP) is 0.794. The van der Waals surface area contributed by atoms with E-state index in [9.17, 15) is 14.7 Å². The highest BCUT2D eigenvalue weighted by Gasteiger charge is 2.38. The molecule has 2 amide bonds. The average Bonchev–Trinajstić information content (AvgIpc) is 2.74. The van der Waals surface area contributed by atoms with E-state index in [1.807, 2.05) is 0 Å². The molecule has 2 unspecified atom stereocenters. The van der Waals surface area contributed by atoms with Crippen LogP contribution in [0.2, 0.25) is 0 Å². The van der Waals surface area contributed by atoms with Gasteiger partial charge in [0.05, 0.1) is 12.0 Å². The third-order valence-electron chi connectivity index (χ3n) is 4.36. The van der Waals surface area contributed by atoms with Gasteiger partial charge in [0, 0.05) is 18.6 Å².